The van der Waals surface area contributed by atoms with Gasteiger partial charge in [0, 0.05) is 19.1 Å². The average Bonchev–Trinajstić information content (AvgIpc) is 2.61. The Morgan fingerprint density at radius 3 is 3.06 bits per heavy atom. The molecule has 1 aromatic rings. The molecule has 1 unspecified atom stereocenters. The highest BCUT2D eigenvalue weighted by molar-refractivity contribution is 7.71. The summed E-state index contributed by atoms with van der Waals surface area (Å²) in [6.07, 6.45) is 2.27. The Morgan fingerprint density at radius 2 is 2.44 bits per heavy atom. The molecular formula is C11H19N3OS. The van der Waals surface area contributed by atoms with Gasteiger partial charge in [0.1, 0.15) is 5.82 Å². The summed E-state index contributed by atoms with van der Waals surface area (Å²) in [5, 5.41) is 7.26. The summed E-state index contributed by atoms with van der Waals surface area (Å²) in [6, 6.07) is 0. The summed E-state index contributed by atoms with van der Waals surface area (Å²) in [5.74, 6) is 2.05. The van der Waals surface area contributed by atoms with E-state index in [-0.39, 0.29) is 0 Å². The number of nitrogens with one attached hydrogen (secondary N) is 1. The average molecular weight is 241 g/mol. The summed E-state index contributed by atoms with van der Waals surface area (Å²) in [6.45, 7) is 6.97. The van der Waals surface area contributed by atoms with Crippen LogP contribution >= 0.6 is 12.2 Å². The standard InChI is InChI=1S/C11H19N3OS/c1-8(2)6-14-10(12-13-11(14)16)9-4-3-5-15-7-9/h8-9H,3-7H2,1-2H3,(H,13,16). The number of hydrogen-bond acceptors (Lipinski definition) is 3. The Morgan fingerprint density at radius 1 is 1.62 bits per heavy atom. The number of H-pyrrole nitrogens is 1. The molecule has 2 heterocycles. The molecule has 1 aliphatic rings. The lowest BCUT2D eigenvalue weighted by Gasteiger charge is -2.22. The normalized spacial score (nSPS) is 21.6. The SMILES string of the molecule is CC(C)Cn1c(C2CCCOC2)n[nH]c1=S. The minimum absolute atomic E-state index is 0.403. The Labute approximate surface area is 101 Å². The Hall–Kier alpha value is -0.680. The Balaban J connectivity index is 2.22. The van der Waals surface area contributed by atoms with Gasteiger partial charge in [-0.05, 0) is 31.0 Å². The van der Waals surface area contributed by atoms with Gasteiger partial charge in [-0.2, -0.15) is 5.10 Å². The van der Waals surface area contributed by atoms with Crippen molar-refractivity contribution in [1.82, 2.24) is 14.8 Å². The van der Waals surface area contributed by atoms with Crippen LogP contribution in [0.25, 0.3) is 0 Å². The first-order valence-electron chi connectivity index (χ1n) is 5.91. The van der Waals surface area contributed by atoms with Crippen molar-refractivity contribution < 1.29 is 4.74 Å². The van der Waals surface area contributed by atoms with E-state index in [0.29, 0.717) is 11.8 Å². The monoisotopic (exact) mass is 241 g/mol. The van der Waals surface area contributed by atoms with Crippen LogP contribution in [0.3, 0.4) is 0 Å². The van der Waals surface area contributed by atoms with Gasteiger partial charge < -0.3 is 9.30 Å². The molecule has 5 heteroatoms. The highest BCUT2D eigenvalue weighted by atomic mass is 32.1. The molecule has 1 aliphatic heterocycles. The fraction of sp³-hybridized carbons (Fsp3) is 0.818. The zero-order chi connectivity index (χ0) is 11.5. The lowest BCUT2D eigenvalue weighted by atomic mass is 10.0. The van der Waals surface area contributed by atoms with Crippen LogP contribution in [0.5, 0.6) is 0 Å². The van der Waals surface area contributed by atoms with Crippen LogP contribution in [0.15, 0.2) is 0 Å². The maximum absolute atomic E-state index is 5.50. The van der Waals surface area contributed by atoms with Crippen molar-refractivity contribution in [2.45, 2.75) is 39.2 Å². The fourth-order valence-corrected chi connectivity index (χ4v) is 2.34. The van der Waals surface area contributed by atoms with Crippen molar-refractivity contribution in [1.29, 1.82) is 0 Å². The molecule has 1 saturated heterocycles. The molecular weight excluding hydrogens is 222 g/mol. The Kier molecular flexibility index (Phi) is 3.76. The molecule has 0 spiro atoms. The molecule has 2 rings (SSSR count). The molecule has 1 N–H and O–H groups in total. The highest BCUT2D eigenvalue weighted by Gasteiger charge is 2.21. The van der Waals surface area contributed by atoms with Gasteiger partial charge in [0.2, 0.25) is 0 Å². The minimum atomic E-state index is 0.403. The topological polar surface area (TPSA) is 42.8 Å². The molecule has 0 bridgehead atoms. The largest absolute Gasteiger partial charge is 0.381 e. The van der Waals surface area contributed by atoms with Crippen LogP contribution in [0, 0.1) is 10.7 Å². The number of aromatic amines is 1. The first-order chi connectivity index (χ1) is 7.68. The van der Waals surface area contributed by atoms with Gasteiger partial charge in [0.15, 0.2) is 4.77 Å². The lowest BCUT2D eigenvalue weighted by Crippen LogP contribution is -2.20. The molecule has 16 heavy (non-hydrogen) atoms. The van der Waals surface area contributed by atoms with E-state index >= 15 is 0 Å². The van der Waals surface area contributed by atoms with Crippen LogP contribution in [0.4, 0.5) is 0 Å². The number of hydrogen-bond donors (Lipinski definition) is 1. The van der Waals surface area contributed by atoms with E-state index < -0.39 is 0 Å². The van der Waals surface area contributed by atoms with Gasteiger partial charge >= 0.3 is 0 Å². The molecule has 90 valence electrons. The van der Waals surface area contributed by atoms with E-state index in [1.807, 2.05) is 0 Å². The molecule has 0 amide bonds. The summed E-state index contributed by atoms with van der Waals surface area (Å²) in [4.78, 5) is 0. The van der Waals surface area contributed by atoms with Crippen molar-refractivity contribution in [2.75, 3.05) is 13.2 Å². The lowest BCUT2D eigenvalue weighted by molar-refractivity contribution is 0.0767. The van der Waals surface area contributed by atoms with Crippen LogP contribution < -0.4 is 0 Å². The maximum atomic E-state index is 5.50. The third-order valence-electron chi connectivity index (χ3n) is 2.86. The van der Waals surface area contributed by atoms with Gasteiger partial charge in [0.25, 0.3) is 0 Å². The zero-order valence-corrected chi connectivity index (χ0v) is 10.7. The van der Waals surface area contributed by atoms with E-state index in [2.05, 4.69) is 28.6 Å². The number of nitrogens with zero attached hydrogens (tertiary/aromatic N) is 2. The molecule has 4 nitrogen and oxygen atoms in total. The molecule has 0 aliphatic carbocycles. The van der Waals surface area contributed by atoms with E-state index in [1.165, 1.54) is 0 Å². The molecule has 0 saturated carbocycles. The number of rotatable bonds is 3. The summed E-state index contributed by atoms with van der Waals surface area (Å²) in [5.41, 5.74) is 0. The van der Waals surface area contributed by atoms with Crippen molar-refractivity contribution >= 4 is 12.2 Å². The molecule has 1 atom stereocenters. The van der Waals surface area contributed by atoms with Crippen molar-refractivity contribution in [2.24, 2.45) is 5.92 Å². The predicted octanol–water partition coefficient (Wildman–Crippen LogP) is 2.49. The second kappa shape index (κ2) is 5.10. The van der Waals surface area contributed by atoms with Crippen LogP contribution in [-0.2, 0) is 11.3 Å². The molecule has 0 aromatic carbocycles. The van der Waals surface area contributed by atoms with Gasteiger partial charge in [-0.15, -0.1) is 0 Å². The fourth-order valence-electron chi connectivity index (χ4n) is 2.13. The Bertz CT molecular complexity index is 390. The van der Waals surface area contributed by atoms with E-state index in [9.17, 15) is 0 Å². The second-order valence-corrected chi connectivity index (χ2v) is 5.19. The quantitative estimate of drug-likeness (QED) is 0.827. The summed E-state index contributed by atoms with van der Waals surface area (Å²) in [7, 11) is 0. The highest BCUT2D eigenvalue weighted by Crippen LogP contribution is 2.24. The van der Waals surface area contributed by atoms with Crippen molar-refractivity contribution in [3.8, 4) is 0 Å². The van der Waals surface area contributed by atoms with Gasteiger partial charge in [-0.25, -0.2) is 0 Å². The number of ether oxygens (including phenoxy) is 1. The van der Waals surface area contributed by atoms with E-state index in [4.69, 9.17) is 17.0 Å². The van der Waals surface area contributed by atoms with E-state index in [1.54, 1.807) is 0 Å². The van der Waals surface area contributed by atoms with Crippen LogP contribution in [0.2, 0.25) is 0 Å². The summed E-state index contributed by atoms with van der Waals surface area (Å²) < 4.78 is 8.36. The second-order valence-electron chi connectivity index (χ2n) is 4.81. The van der Waals surface area contributed by atoms with Crippen molar-refractivity contribution in [3.63, 3.8) is 0 Å². The summed E-state index contributed by atoms with van der Waals surface area (Å²) >= 11 is 5.26. The first-order valence-corrected chi connectivity index (χ1v) is 6.32. The molecule has 0 radical (unpaired) electrons. The van der Waals surface area contributed by atoms with Gasteiger partial charge in [0.05, 0.1) is 6.61 Å². The third-order valence-corrected chi connectivity index (χ3v) is 3.17. The first kappa shape index (κ1) is 11.8. The maximum Gasteiger partial charge on any atom is 0.195 e. The third kappa shape index (κ3) is 2.52. The van der Waals surface area contributed by atoms with Gasteiger partial charge in [-0.1, -0.05) is 13.8 Å². The molecule has 1 aromatic heterocycles. The van der Waals surface area contributed by atoms with Crippen molar-refractivity contribution in [3.05, 3.63) is 10.6 Å². The van der Waals surface area contributed by atoms with Crippen LogP contribution in [0.1, 0.15) is 38.4 Å². The smallest absolute Gasteiger partial charge is 0.195 e. The zero-order valence-electron chi connectivity index (χ0n) is 9.90. The van der Waals surface area contributed by atoms with E-state index in [0.717, 1.165) is 43.2 Å². The minimum Gasteiger partial charge on any atom is -0.381 e. The van der Waals surface area contributed by atoms with Crippen LogP contribution in [-0.4, -0.2) is 28.0 Å². The van der Waals surface area contributed by atoms with Gasteiger partial charge in [-0.3, -0.25) is 5.10 Å². The molecule has 1 fully saturated rings. The number of aromatic nitrogens is 3. The predicted molar refractivity (Wildman–Crippen MR) is 65.0 cm³/mol.